The molecule has 0 spiro atoms. The van der Waals surface area contributed by atoms with E-state index in [1.54, 1.807) is 0 Å². The number of carbonyl (C=O) groups excluding carboxylic acids is 2. The van der Waals surface area contributed by atoms with Crippen LogP contribution in [0.4, 0.5) is 0 Å². The third-order valence-electron chi connectivity index (χ3n) is 14.9. The number of likely N-dealkylation sites (N-methyl/N-ethyl adjacent to an activating group) is 1. The molecule has 92 heavy (non-hydrogen) atoms. The number of allylic oxidation sites excluding steroid dienone is 30. The smallest absolute Gasteiger partial charge is 0.306 e. The van der Waals surface area contributed by atoms with E-state index < -0.39 is 32.5 Å². The summed E-state index contributed by atoms with van der Waals surface area (Å²) >= 11 is 0. The van der Waals surface area contributed by atoms with Crippen LogP contribution in [-0.2, 0) is 32.7 Å². The van der Waals surface area contributed by atoms with Crippen molar-refractivity contribution in [1.29, 1.82) is 0 Å². The Morgan fingerprint density at radius 1 is 0.337 bits per heavy atom. The summed E-state index contributed by atoms with van der Waals surface area (Å²) in [6.45, 7) is 4.00. The average Bonchev–Trinajstić information content (AvgIpc) is 2.14. The van der Waals surface area contributed by atoms with E-state index in [0.717, 1.165) is 154 Å². The van der Waals surface area contributed by atoms with Crippen LogP contribution in [0.5, 0.6) is 0 Å². The minimum Gasteiger partial charge on any atom is -0.756 e. The first kappa shape index (κ1) is 87.1. The fourth-order valence-electron chi connectivity index (χ4n) is 9.42. The number of nitrogens with zero attached hydrogens (tertiary/aromatic N) is 1. The van der Waals surface area contributed by atoms with Crippen molar-refractivity contribution in [2.75, 3.05) is 47.5 Å². The second kappa shape index (κ2) is 70.4. The lowest BCUT2D eigenvalue weighted by atomic mass is 10.0. The van der Waals surface area contributed by atoms with Crippen molar-refractivity contribution >= 4 is 19.8 Å². The highest BCUT2D eigenvalue weighted by Gasteiger charge is 2.22. The molecule has 0 saturated carbocycles. The molecule has 0 aromatic heterocycles. The second-order valence-electron chi connectivity index (χ2n) is 24.8. The maximum atomic E-state index is 12.9. The fraction of sp³-hybridized carbons (Fsp3) is 0.610. The molecule has 520 valence electrons. The number of quaternary nitrogens is 1. The highest BCUT2D eigenvalue weighted by atomic mass is 31.2. The van der Waals surface area contributed by atoms with Gasteiger partial charge in [0.1, 0.15) is 19.8 Å². The SMILES string of the molecule is CC/C=C\C/C=C\C/C=C\C/C=C\C/C=C\C/C=C\C/C=C\C/C=C\C/C=C\CCCCCCCCCCCCCC(=O)OC(COC(=O)CCCCCCCCCCCC/C=C\C/C=C\C/C=C\C/C=C\C/C=C\C/C=C\CC)COP(=O)([O-])OCC[N+](C)(C)C. The summed E-state index contributed by atoms with van der Waals surface area (Å²) in [5.41, 5.74) is 0. The topological polar surface area (TPSA) is 111 Å². The second-order valence-corrected chi connectivity index (χ2v) is 26.2. The van der Waals surface area contributed by atoms with Crippen molar-refractivity contribution in [3.63, 3.8) is 0 Å². The molecule has 0 heterocycles. The molecular weight excluding hydrogens is 1160 g/mol. The molecule has 2 unspecified atom stereocenters. The Morgan fingerprint density at radius 3 is 0.870 bits per heavy atom. The number of unbranched alkanes of at least 4 members (excludes halogenated alkanes) is 21. The molecule has 0 aromatic rings. The number of ether oxygens (including phenoxy) is 2. The Balaban J connectivity index is 4.11. The highest BCUT2D eigenvalue weighted by molar-refractivity contribution is 7.45. The first-order chi connectivity index (χ1) is 45.0. The Labute approximate surface area is 565 Å². The predicted octanol–water partition coefficient (Wildman–Crippen LogP) is 23.6. The summed E-state index contributed by atoms with van der Waals surface area (Å²) in [4.78, 5) is 38.1. The van der Waals surface area contributed by atoms with Gasteiger partial charge in [-0.1, -0.05) is 305 Å². The maximum absolute atomic E-state index is 12.9. The van der Waals surface area contributed by atoms with Gasteiger partial charge in [-0.05, 0) is 135 Å². The number of rotatable bonds is 65. The zero-order valence-corrected chi connectivity index (χ0v) is 60.1. The van der Waals surface area contributed by atoms with E-state index in [1.807, 2.05) is 21.1 Å². The van der Waals surface area contributed by atoms with Crippen molar-refractivity contribution in [3.05, 3.63) is 182 Å². The van der Waals surface area contributed by atoms with Crippen LogP contribution in [0.15, 0.2) is 182 Å². The molecule has 0 aliphatic heterocycles. The molecule has 2 atom stereocenters. The molecule has 0 fully saturated rings. The van der Waals surface area contributed by atoms with Gasteiger partial charge in [0.05, 0.1) is 27.7 Å². The van der Waals surface area contributed by atoms with Gasteiger partial charge >= 0.3 is 11.9 Å². The van der Waals surface area contributed by atoms with E-state index in [-0.39, 0.29) is 26.1 Å². The zero-order valence-electron chi connectivity index (χ0n) is 59.2. The number of phosphoric acid groups is 1. The van der Waals surface area contributed by atoms with Gasteiger partial charge in [0, 0.05) is 12.8 Å². The molecule has 0 rings (SSSR count). The number of hydrogen-bond acceptors (Lipinski definition) is 8. The van der Waals surface area contributed by atoms with E-state index in [4.69, 9.17) is 18.5 Å². The molecule has 0 aliphatic rings. The molecule has 0 amide bonds. The van der Waals surface area contributed by atoms with Gasteiger partial charge in [-0.15, -0.1) is 0 Å². The standard InChI is InChI=1S/C82H134NO8P/c1-6-8-10-12-14-16-18-20-22-24-26-28-30-32-34-36-37-38-39-40-41-42-43-44-45-47-49-51-53-55-57-59-61-63-65-67-69-71-73-75-82(85)91-80(79-90-92(86,87)89-77-76-83(3,4)5)78-88-81(84)74-72-70-68-66-64-62-60-58-56-54-52-50-48-46-35-33-31-29-27-25-23-21-19-17-15-13-11-9-7-2/h8-11,14-17,20-23,26-29,32-35,37-38,40-41,43-44,47-50,80H,6-7,12-13,18-19,24-25,30-31,36,39,42,45-46,51-79H2,1-5H3/b10-8-,11-9-,16-14-,17-15-,22-20-,23-21-,28-26-,29-27-,34-32-,35-33-,38-37-,41-40-,44-43-,49-47-,50-48-. The number of hydrogen-bond donors (Lipinski definition) is 0. The minimum atomic E-state index is -4.66. The molecular formula is C82H134NO8P. The molecule has 0 bridgehead atoms. The van der Waals surface area contributed by atoms with Gasteiger partial charge in [-0.25, -0.2) is 0 Å². The summed E-state index contributed by atoms with van der Waals surface area (Å²) in [6, 6.07) is 0. The monoisotopic (exact) mass is 1290 g/mol. The lowest BCUT2D eigenvalue weighted by molar-refractivity contribution is -0.870. The molecule has 10 heteroatoms. The Kier molecular flexibility index (Phi) is 66.7. The third kappa shape index (κ3) is 74.2. The van der Waals surface area contributed by atoms with Gasteiger partial charge < -0.3 is 27.9 Å². The molecule has 0 saturated heterocycles. The van der Waals surface area contributed by atoms with Crippen LogP contribution in [0, 0.1) is 0 Å². The van der Waals surface area contributed by atoms with Crippen LogP contribution in [0.1, 0.15) is 271 Å². The molecule has 0 N–H and O–H groups in total. The minimum absolute atomic E-state index is 0.0408. The van der Waals surface area contributed by atoms with Crippen LogP contribution >= 0.6 is 7.82 Å². The van der Waals surface area contributed by atoms with E-state index in [9.17, 15) is 19.0 Å². The zero-order chi connectivity index (χ0) is 66.9. The number of carbonyl (C=O) groups is 2. The normalized spacial score (nSPS) is 14.2. The summed E-state index contributed by atoms with van der Waals surface area (Å²) in [5, 5.41) is 0. The predicted molar refractivity (Wildman–Crippen MR) is 396 cm³/mol. The largest absolute Gasteiger partial charge is 0.756 e. The van der Waals surface area contributed by atoms with Gasteiger partial charge in [-0.3, -0.25) is 14.2 Å². The van der Waals surface area contributed by atoms with Crippen molar-refractivity contribution in [1.82, 2.24) is 0 Å². The van der Waals surface area contributed by atoms with Crippen LogP contribution < -0.4 is 4.89 Å². The molecule has 0 aliphatic carbocycles. The summed E-state index contributed by atoms with van der Waals surface area (Å²) in [5.74, 6) is -0.850. The van der Waals surface area contributed by atoms with Crippen molar-refractivity contribution < 1.29 is 42.1 Å². The summed E-state index contributed by atoms with van der Waals surface area (Å²) in [6.07, 6.45) is 108. The third-order valence-corrected chi connectivity index (χ3v) is 15.9. The maximum Gasteiger partial charge on any atom is 0.306 e. The van der Waals surface area contributed by atoms with Gasteiger partial charge in [-0.2, -0.15) is 0 Å². The van der Waals surface area contributed by atoms with E-state index in [0.29, 0.717) is 17.4 Å². The Hall–Kier alpha value is -4.89. The quantitative estimate of drug-likeness (QED) is 0.0195. The van der Waals surface area contributed by atoms with Crippen LogP contribution in [-0.4, -0.2) is 70.0 Å². The Bertz CT molecular complexity index is 2210. The number of phosphoric ester groups is 1. The van der Waals surface area contributed by atoms with Gasteiger partial charge in [0.15, 0.2) is 6.10 Å². The first-order valence-electron chi connectivity index (χ1n) is 36.5. The molecule has 0 radical (unpaired) electrons. The van der Waals surface area contributed by atoms with E-state index in [1.165, 1.54) is 83.5 Å². The molecule has 9 nitrogen and oxygen atoms in total. The fourth-order valence-corrected chi connectivity index (χ4v) is 10.1. The van der Waals surface area contributed by atoms with Crippen molar-refractivity contribution in [3.8, 4) is 0 Å². The summed E-state index contributed by atoms with van der Waals surface area (Å²) in [7, 11) is 1.14. The van der Waals surface area contributed by atoms with Crippen LogP contribution in [0.2, 0.25) is 0 Å². The van der Waals surface area contributed by atoms with E-state index in [2.05, 4.69) is 196 Å². The van der Waals surface area contributed by atoms with Crippen molar-refractivity contribution in [2.45, 2.75) is 277 Å². The Morgan fingerprint density at radius 2 is 0.587 bits per heavy atom. The molecule has 0 aromatic carbocycles. The van der Waals surface area contributed by atoms with Gasteiger partial charge in [0.25, 0.3) is 7.82 Å². The lowest BCUT2D eigenvalue weighted by Gasteiger charge is -2.28. The average molecular weight is 1290 g/mol. The lowest BCUT2D eigenvalue weighted by Crippen LogP contribution is -2.37. The van der Waals surface area contributed by atoms with Crippen LogP contribution in [0.3, 0.4) is 0 Å². The summed E-state index contributed by atoms with van der Waals surface area (Å²) < 4.78 is 34.3. The van der Waals surface area contributed by atoms with Crippen molar-refractivity contribution in [2.24, 2.45) is 0 Å². The number of esters is 2. The van der Waals surface area contributed by atoms with E-state index >= 15 is 0 Å². The van der Waals surface area contributed by atoms with Crippen LogP contribution in [0.25, 0.3) is 0 Å². The highest BCUT2D eigenvalue weighted by Crippen LogP contribution is 2.38. The first-order valence-corrected chi connectivity index (χ1v) is 38.0. The van der Waals surface area contributed by atoms with Gasteiger partial charge in [0.2, 0.25) is 0 Å².